The van der Waals surface area contributed by atoms with Gasteiger partial charge in [-0.2, -0.15) is 4.98 Å². The van der Waals surface area contributed by atoms with Gasteiger partial charge in [-0.15, -0.1) is 5.10 Å². The average Bonchev–Trinajstić information content (AvgIpc) is 2.98. The monoisotopic (exact) mass is 362 g/mol. The minimum absolute atomic E-state index is 0. The van der Waals surface area contributed by atoms with E-state index in [-0.39, 0.29) is 19.1 Å². The Balaban J connectivity index is 0.00000210. The van der Waals surface area contributed by atoms with Crippen molar-refractivity contribution in [2.75, 3.05) is 23.7 Å². The highest BCUT2D eigenvalue weighted by Crippen LogP contribution is 2.22. The molecule has 26 heavy (non-hydrogen) atoms. The van der Waals surface area contributed by atoms with E-state index in [0.29, 0.717) is 11.4 Å². The van der Waals surface area contributed by atoms with E-state index in [1.54, 1.807) is 6.07 Å². The Morgan fingerprint density at radius 2 is 1.85 bits per heavy atom. The summed E-state index contributed by atoms with van der Waals surface area (Å²) in [4.78, 5) is 4.03. The van der Waals surface area contributed by atoms with Crippen LogP contribution in [0.1, 0.15) is 1.43 Å². The number of rotatable bonds is 5. The van der Waals surface area contributed by atoms with Crippen molar-refractivity contribution in [1.82, 2.24) is 20.1 Å². The number of anilines is 3. The predicted molar refractivity (Wildman–Crippen MR) is 93.4 cm³/mol. The number of aromatic nitrogens is 3. The van der Waals surface area contributed by atoms with Crippen LogP contribution in [0.2, 0.25) is 0 Å². The number of hydrogen-bond acceptors (Lipinski definition) is 5. The van der Waals surface area contributed by atoms with E-state index in [2.05, 4.69) is 26.0 Å². The fraction of sp³-hybridized carbons (Fsp3) is 0.176. The summed E-state index contributed by atoms with van der Waals surface area (Å²) in [6.07, 6.45) is 1.29. The molecule has 2 heterocycles. The van der Waals surface area contributed by atoms with Gasteiger partial charge in [0, 0.05) is 32.0 Å². The van der Waals surface area contributed by atoms with Crippen molar-refractivity contribution in [3.63, 3.8) is 0 Å². The Morgan fingerprint density at radius 3 is 2.58 bits per heavy atom. The van der Waals surface area contributed by atoms with Crippen LogP contribution in [0.4, 0.5) is 30.5 Å². The molecule has 0 radical (unpaired) electrons. The molecule has 1 aromatic heterocycles. The first-order valence-electron chi connectivity index (χ1n) is 7.99. The normalized spacial score (nSPS) is 14.1. The Hall–Kier alpha value is -3.07. The van der Waals surface area contributed by atoms with E-state index in [9.17, 15) is 13.2 Å². The third-order valence-corrected chi connectivity index (χ3v) is 3.95. The molecule has 1 aliphatic heterocycles. The van der Waals surface area contributed by atoms with Crippen LogP contribution in [0.3, 0.4) is 0 Å². The van der Waals surface area contributed by atoms with Crippen molar-refractivity contribution in [1.29, 1.82) is 0 Å². The number of benzene rings is 2. The van der Waals surface area contributed by atoms with Crippen LogP contribution in [0, 0.1) is 17.5 Å². The van der Waals surface area contributed by atoms with Gasteiger partial charge in [-0.05, 0) is 30.3 Å². The van der Waals surface area contributed by atoms with Gasteiger partial charge in [0.05, 0.1) is 6.04 Å². The molecule has 0 atom stereocenters. The summed E-state index contributed by atoms with van der Waals surface area (Å²) in [5.74, 6) is -1.68. The van der Waals surface area contributed by atoms with Gasteiger partial charge < -0.3 is 16.0 Å². The summed E-state index contributed by atoms with van der Waals surface area (Å²) in [6, 6.07) is 7.88. The van der Waals surface area contributed by atoms with Crippen molar-refractivity contribution in [2.24, 2.45) is 0 Å². The Morgan fingerprint density at radius 1 is 1.04 bits per heavy atom. The summed E-state index contributed by atoms with van der Waals surface area (Å²) in [5, 5.41) is 13.3. The van der Waals surface area contributed by atoms with Crippen LogP contribution in [0.5, 0.6) is 0 Å². The highest BCUT2D eigenvalue weighted by atomic mass is 19.1. The fourth-order valence-electron chi connectivity index (χ4n) is 2.60. The second-order valence-corrected chi connectivity index (χ2v) is 5.96. The molecule has 9 heteroatoms. The van der Waals surface area contributed by atoms with Crippen molar-refractivity contribution < 1.29 is 14.6 Å². The average molecular weight is 362 g/mol. The minimum Gasteiger partial charge on any atom is -0.380 e. The maximum Gasteiger partial charge on any atom is 0.246 e. The molecular weight excluding hydrogens is 345 g/mol. The van der Waals surface area contributed by atoms with Crippen molar-refractivity contribution in [2.45, 2.75) is 6.04 Å². The van der Waals surface area contributed by atoms with Gasteiger partial charge in [-0.3, -0.25) is 0 Å². The standard InChI is InChI=1S/C17H15F3N6.H2/c18-10-1-2-16(15(20)5-10)26-9-22-17(25-26)24-13-4-11(19)3-12(6-13)23-14-7-21-8-14;/h1-6,9,14,21,23H,7-8H2,(H,24,25);1H. The fourth-order valence-corrected chi connectivity index (χ4v) is 2.60. The van der Waals surface area contributed by atoms with E-state index in [4.69, 9.17) is 0 Å². The zero-order valence-electron chi connectivity index (χ0n) is 13.5. The maximum atomic E-state index is 13.8. The summed E-state index contributed by atoms with van der Waals surface area (Å²) in [7, 11) is 0. The molecule has 0 amide bonds. The number of nitrogens with zero attached hydrogens (tertiary/aromatic N) is 3. The SMILES string of the molecule is Fc1cc(Nc2ncn(-c3ccc(F)cc3F)n2)cc(NC2CNC2)c1.[HH]. The van der Waals surface area contributed by atoms with Crippen LogP contribution >= 0.6 is 0 Å². The lowest BCUT2D eigenvalue weighted by molar-refractivity contribution is 0.472. The van der Waals surface area contributed by atoms with Gasteiger partial charge in [0.2, 0.25) is 5.95 Å². The first-order chi connectivity index (χ1) is 12.6. The molecule has 3 aromatic rings. The Kier molecular flexibility index (Phi) is 4.21. The quantitative estimate of drug-likeness (QED) is 0.651. The number of hydrogen-bond donors (Lipinski definition) is 3. The molecule has 0 saturated carbocycles. The second-order valence-electron chi connectivity index (χ2n) is 5.96. The molecule has 0 aliphatic carbocycles. The minimum atomic E-state index is -0.757. The third-order valence-electron chi connectivity index (χ3n) is 3.95. The topological polar surface area (TPSA) is 66.8 Å². The molecule has 1 saturated heterocycles. The van der Waals surface area contributed by atoms with Crippen LogP contribution in [-0.2, 0) is 0 Å². The molecule has 3 N–H and O–H groups in total. The lowest BCUT2D eigenvalue weighted by Crippen LogP contribution is -2.51. The molecular formula is C17H17F3N6. The molecule has 0 unspecified atom stereocenters. The molecule has 0 spiro atoms. The van der Waals surface area contributed by atoms with Gasteiger partial charge >= 0.3 is 0 Å². The smallest absolute Gasteiger partial charge is 0.246 e. The Labute approximate surface area is 148 Å². The van der Waals surface area contributed by atoms with E-state index in [0.717, 1.165) is 25.2 Å². The van der Waals surface area contributed by atoms with Crippen LogP contribution < -0.4 is 16.0 Å². The van der Waals surface area contributed by atoms with E-state index >= 15 is 0 Å². The van der Waals surface area contributed by atoms with Crippen LogP contribution in [0.25, 0.3) is 5.69 Å². The van der Waals surface area contributed by atoms with E-state index < -0.39 is 17.5 Å². The van der Waals surface area contributed by atoms with Crippen molar-refractivity contribution >= 4 is 17.3 Å². The highest BCUT2D eigenvalue weighted by Gasteiger charge is 2.16. The lowest BCUT2D eigenvalue weighted by atomic mass is 10.1. The maximum absolute atomic E-state index is 13.8. The zero-order valence-corrected chi connectivity index (χ0v) is 13.5. The predicted octanol–water partition coefficient (Wildman–Crippen LogP) is 3.06. The molecule has 1 aliphatic rings. The number of halogens is 3. The summed E-state index contributed by atoms with van der Waals surface area (Å²) >= 11 is 0. The zero-order chi connectivity index (χ0) is 18.1. The molecule has 4 rings (SSSR count). The van der Waals surface area contributed by atoms with Gasteiger partial charge in [0.25, 0.3) is 0 Å². The molecule has 2 aromatic carbocycles. The van der Waals surface area contributed by atoms with Crippen LogP contribution in [-0.4, -0.2) is 33.9 Å². The summed E-state index contributed by atoms with van der Waals surface area (Å²) in [5.41, 5.74) is 1.16. The second kappa shape index (κ2) is 6.68. The first kappa shape index (κ1) is 16.4. The first-order valence-corrected chi connectivity index (χ1v) is 7.99. The number of nitrogens with one attached hydrogen (secondary N) is 3. The van der Waals surface area contributed by atoms with Crippen LogP contribution in [0.15, 0.2) is 42.7 Å². The third kappa shape index (κ3) is 3.47. The van der Waals surface area contributed by atoms with Crippen molar-refractivity contribution in [3.8, 4) is 5.69 Å². The van der Waals surface area contributed by atoms with Gasteiger partial charge in [0.15, 0.2) is 5.82 Å². The molecule has 136 valence electrons. The molecule has 6 nitrogen and oxygen atoms in total. The Bertz CT molecular complexity index is 944. The van der Waals surface area contributed by atoms with E-state index in [1.165, 1.54) is 29.2 Å². The molecule has 0 bridgehead atoms. The van der Waals surface area contributed by atoms with Gasteiger partial charge in [-0.25, -0.2) is 17.9 Å². The lowest BCUT2D eigenvalue weighted by Gasteiger charge is -2.29. The van der Waals surface area contributed by atoms with E-state index in [1.807, 2.05) is 0 Å². The summed E-state index contributed by atoms with van der Waals surface area (Å²) < 4.78 is 41.8. The largest absolute Gasteiger partial charge is 0.380 e. The summed E-state index contributed by atoms with van der Waals surface area (Å²) in [6.45, 7) is 1.66. The van der Waals surface area contributed by atoms with Gasteiger partial charge in [0.1, 0.15) is 23.6 Å². The molecule has 1 fully saturated rings. The highest BCUT2D eigenvalue weighted by molar-refractivity contribution is 5.61. The van der Waals surface area contributed by atoms with Gasteiger partial charge in [-0.1, -0.05) is 0 Å². The van der Waals surface area contributed by atoms with Crippen molar-refractivity contribution in [3.05, 3.63) is 60.2 Å².